The van der Waals surface area contributed by atoms with E-state index in [0.717, 1.165) is 5.56 Å². The van der Waals surface area contributed by atoms with Crippen LogP contribution in [0.1, 0.15) is 5.56 Å². The number of carbonyl (C=O) groups excluding carboxylic acids is 1. The Morgan fingerprint density at radius 2 is 1.65 bits per heavy atom. The standard InChI is InChI=1S/C17H15NO5/c19-15-11-6-7-12(14(17(22)23)13(11)16(20)21)18(15)9-8-10-4-2-1-3-5-10/h1-9,11-14H,(H,20,21)(H,22,23). The molecule has 118 valence electrons. The summed E-state index contributed by atoms with van der Waals surface area (Å²) in [6, 6.07) is 8.49. The van der Waals surface area contributed by atoms with Crippen molar-refractivity contribution in [2.45, 2.75) is 6.04 Å². The molecule has 1 aromatic rings. The zero-order chi connectivity index (χ0) is 16.6. The van der Waals surface area contributed by atoms with Crippen LogP contribution in [0.2, 0.25) is 0 Å². The van der Waals surface area contributed by atoms with Gasteiger partial charge < -0.3 is 15.1 Å². The molecule has 1 amide bonds. The van der Waals surface area contributed by atoms with Crippen molar-refractivity contribution in [1.29, 1.82) is 0 Å². The summed E-state index contributed by atoms with van der Waals surface area (Å²) in [6.07, 6.45) is 6.37. The second-order valence-corrected chi connectivity index (χ2v) is 5.60. The van der Waals surface area contributed by atoms with E-state index in [4.69, 9.17) is 0 Å². The van der Waals surface area contributed by atoms with Gasteiger partial charge in [-0.05, 0) is 11.6 Å². The number of rotatable bonds is 4. The highest BCUT2D eigenvalue weighted by Gasteiger charge is 2.55. The van der Waals surface area contributed by atoms with E-state index in [1.165, 1.54) is 17.2 Å². The van der Waals surface area contributed by atoms with Gasteiger partial charge >= 0.3 is 11.9 Å². The summed E-state index contributed by atoms with van der Waals surface area (Å²) >= 11 is 0. The van der Waals surface area contributed by atoms with E-state index in [0.29, 0.717) is 0 Å². The first kappa shape index (κ1) is 15.0. The quantitative estimate of drug-likeness (QED) is 0.821. The van der Waals surface area contributed by atoms with E-state index in [-0.39, 0.29) is 5.91 Å². The van der Waals surface area contributed by atoms with Gasteiger partial charge in [-0.25, -0.2) is 0 Å². The summed E-state index contributed by atoms with van der Waals surface area (Å²) in [5.74, 6) is -6.16. The third-order valence-corrected chi connectivity index (χ3v) is 4.32. The topological polar surface area (TPSA) is 94.9 Å². The zero-order valence-electron chi connectivity index (χ0n) is 12.1. The van der Waals surface area contributed by atoms with Crippen LogP contribution in [0.15, 0.2) is 48.7 Å². The van der Waals surface area contributed by atoms with Gasteiger partial charge in [0.05, 0.1) is 23.8 Å². The first-order chi connectivity index (χ1) is 11.0. The van der Waals surface area contributed by atoms with Crippen LogP contribution in [-0.4, -0.2) is 39.0 Å². The van der Waals surface area contributed by atoms with Crippen molar-refractivity contribution in [3.05, 3.63) is 54.2 Å². The Labute approximate surface area is 132 Å². The van der Waals surface area contributed by atoms with Crippen LogP contribution in [0.4, 0.5) is 0 Å². The molecular formula is C17H15NO5. The van der Waals surface area contributed by atoms with Crippen molar-refractivity contribution in [1.82, 2.24) is 4.90 Å². The van der Waals surface area contributed by atoms with Gasteiger partial charge in [0.2, 0.25) is 5.91 Å². The van der Waals surface area contributed by atoms with Crippen molar-refractivity contribution in [3.63, 3.8) is 0 Å². The molecule has 2 N–H and O–H groups in total. The van der Waals surface area contributed by atoms with Gasteiger partial charge in [0, 0.05) is 6.20 Å². The average molecular weight is 313 g/mol. The second-order valence-electron chi connectivity index (χ2n) is 5.60. The van der Waals surface area contributed by atoms with Gasteiger partial charge in [0.1, 0.15) is 0 Å². The molecular weight excluding hydrogens is 298 g/mol. The van der Waals surface area contributed by atoms with E-state index in [1.54, 1.807) is 12.2 Å². The number of carboxylic acid groups (broad SMARTS) is 2. The fourth-order valence-corrected chi connectivity index (χ4v) is 3.24. The maximum atomic E-state index is 12.5. The molecule has 0 radical (unpaired) electrons. The van der Waals surface area contributed by atoms with Gasteiger partial charge in [-0.1, -0.05) is 42.5 Å². The van der Waals surface area contributed by atoms with Crippen LogP contribution in [0.3, 0.4) is 0 Å². The van der Waals surface area contributed by atoms with Crippen molar-refractivity contribution in [3.8, 4) is 0 Å². The molecule has 1 fully saturated rings. The third-order valence-electron chi connectivity index (χ3n) is 4.32. The number of amides is 1. The molecule has 6 heteroatoms. The molecule has 0 saturated carbocycles. The maximum absolute atomic E-state index is 12.5. The molecule has 2 heterocycles. The van der Waals surface area contributed by atoms with Gasteiger partial charge in [-0.15, -0.1) is 0 Å². The Morgan fingerprint density at radius 3 is 2.26 bits per heavy atom. The zero-order valence-corrected chi connectivity index (χ0v) is 12.1. The fourth-order valence-electron chi connectivity index (χ4n) is 3.24. The lowest BCUT2D eigenvalue weighted by molar-refractivity contribution is -0.167. The summed E-state index contributed by atoms with van der Waals surface area (Å²) in [5.41, 5.74) is 0.868. The number of hydrogen-bond donors (Lipinski definition) is 2. The molecule has 1 aromatic carbocycles. The first-order valence-electron chi connectivity index (χ1n) is 7.20. The molecule has 2 bridgehead atoms. The highest BCUT2D eigenvalue weighted by atomic mass is 16.4. The van der Waals surface area contributed by atoms with Crippen molar-refractivity contribution >= 4 is 23.9 Å². The molecule has 0 spiro atoms. The lowest BCUT2D eigenvalue weighted by atomic mass is 9.68. The minimum atomic E-state index is -1.25. The molecule has 3 aliphatic rings. The Balaban J connectivity index is 1.94. The molecule has 4 rings (SSSR count). The second kappa shape index (κ2) is 5.72. The van der Waals surface area contributed by atoms with Crippen LogP contribution >= 0.6 is 0 Å². The van der Waals surface area contributed by atoms with Crippen LogP contribution < -0.4 is 0 Å². The van der Waals surface area contributed by atoms with Crippen molar-refractivity contribution in [2.75, 3.05) is 0 Å². The average Bonchev–Trinajstić information content (AvgIpc) is 2.54. The number of hydrogen-bond acceptors (Lipinski definition) is 3. The van der Waals surface area contributed by atoms with Crippen LogP contribution in [0, 0.1) is 17.8 Å². The summed E-state index contributed by atoms with van der Waals surface area (Å²) in [5, 5.41) is 18.7. The minimum Gasteiger partial charge on any atom is -0.481 e. The predicted molar refractivity (Wildman–Crippen MR) is 81.0 cm³/mol. The number of benzene rings is 1. The molecule has 1 saturated heterocycles. The molecule has 23 heavy (non-hydrogen) atoms. The number of aliphatic carboxylic acids is 2. The van der Waals surface area contributed by atoms with Gasteiger partial charge in [0.25, 0.3) is 0 Å². The number of fused-ring (bicyclic) bond motifs is 2. The lowest BCUT2D eigenvalue weighted by Crippen LogP contribution is -2.60. The summed E-state index contributed by atoms with van der Waals surface area (Å²) in [4.78, 5) is 36.7. The third kappa shape index (κ3) is 2.52. The summed E-state index contributed by atoms with van der Waals surface area (Å²) < 4.78 is 0. The number of carboxylic acids is 2. The lowest BCUT2D eigenvalue weighted by Gasteiger charge is -2.45. The Hall–Kier alpha value is -2.89. The number of piperidine rings is 1. The predicted octanol–water partition coefficient (Wildman–Crippen LogP) is 1.46. The monoisotopic (exact) mass is 313 g/mol. The normalized spacial score (nSPS) is 29.2. The summed E-state index contributed by atoms with van der Waals surface area (Å²) in [6.45, 7) is 0. The van der Waals surface area contributed by atoms with E-state index in [9.17, 15) is 24.6 Å². The van der Waals surface area contributed by atoms with Crippen molar-refractivity contribution < 1.29 is 24.6 Å². The molecule has 0 aromatic heterocycles. The first-order valence-corrected chi connectivity index (χ1v) is 7.20. The van der Waals surface area contributed by atoms with E-state index < -0.39 is 35.7 Å². The maximum Gasteiger partial charge on any atom is 0.309 e. The smallest absolute Gasteiger partial charge is 0.309 e. The Bertz CT molecular complexity index is 709. The number of nitrogens with zero attached hydrogens (tertiary/aromatic N) is 1. The van der Waals surface area contributed by atoms with Crippen molar-refractivity contribution in [2.24, 2.45) is 17.8 Å². The van der Waals surface area contributed by atoms with E-state index >= 15 is 0 Å². The highest BCUT2D eigenvalue weighted by molar-refractivity contribution is 5.94. The SMILES string of the molecule is O=C(O)C1C2C=CC(C1C(=O)O)N(C=Cc1ccccc1)C2=O. The molecule has 4 unspecified atom stereocenters. The molecule has 6 nitrogen and oxygen atoms in total. The Kier molecular flexibility index (Phi) is 3.73. The van der Waals surface area contributed by atoms with Gasteiger partial charge in [-0.3, -0.25) is 14.4 Å². The Morgan fingerprint density at radius 1 is 1.00 bits per heavy atom. The van der Waals surface area contributed by atoms with E-state index in [1.807, 2.05) is 30.3 Å². The highest BCUT2D eigenvalue weighted by Crippen LogP contribution is 2.40. The molecule has 4 atom stereocenters. The van der Waals surface area contributed by atoms with Crippen LogP contribution in [0.25, 0.3) is 6.08 Å². The molecule has 1 aliphatic carbocycles. The minimum absolute atomic E-state index is 0.380. The van der Waals surface area contributed by atoms with Crippen LogP contribution in [-0.2, 0) is 14.4 Å². The van der Waals surface area contributed by atoms with Gasteiger partial charge in [0.15, 0.2) is 0 Å². The fraction of sp³-hybridized carbons (Fsp3) is 0.235. The van der Waals surface area contributed by atoms with Crippen LogP contribution in [0.5, 0.6) is 0 Å². The molecule has 2 aliphatic heterocycles. The van der Waals surface area contributed by atoms with Gasteiger partial charge in [-0.2, -0.15) is 0 Å². The van der Waals surface area contributed by atoms with E-state index in [2.05, 4.69) is 0 Å². The largest absolute Gasteiger partial charge is 0.481 e. The summed E-state index contributed by atoms with van der Waals surface area (Å²) in [7, 11) is 0. The number of carbonyl (C=O) groups is 3.